The summed E-state index contributed by atoms with van der Waals surface area (Å²) in [5, 5.41) is 7.81. The standard InChI is InChI=1S/C17H18N2O2/c1-2-3-4-5-14-10-13-7-6-12(15-8-9-18-19-15)11-16(13)21-17(14)20/h6-11H,2-5H2,1H3,(H,18,19). The predicted octanol–water partition coefficient (Wildman–Crippen LogP) is 3.92. The number of aromatic nitrogens is 2. The van der Waals surface area contributed by atoms with Crippen LogP contribution in [0, 0.1) is 0 Å². The number of nitrogens with zero attached hydrogens (tertiary/aromatic N) is 1. The van der Waals surface area contributed by atoms with Gasteiger partial charge in [0.05, 0.1) is 5.69 Å². The van der Waals surface area contributed by atoms with Gasteiger partial charge in [0.1, 0.15) is 5.58 Å². The van der Waals surface area contributed by atoms with Gasteiger partial charge >= 0.3 is 5.63 Å². The van der Waals surface area contributed by atoms with Gasteiger partial charge in [0.25, 0.3) is 0 Å². The molecule has 0 unspecified atom stereocenters. The van der Waals surface area contributed by atoms with Crippen molar-refractivity contribution in [2.24, 2.45) is 0 Å². The minimum absolute atomic E-state index is 0.222. The van der Waals surface area contributed by atoms with E-state index in [1.165, 1.54) is 0 Å². The number of nitrogens with one attached hydrogen (secondary N) is 1. The Morgan fingerprint density at radius 3 is 2.86 bits per heavy atom. The summed E-state index contributed by atoms with van der Waals surface area (Å²) in [6, 6.07) is 9.70. The van der Waals surface area contributed by atoms with E-state index in [0.29, 0.717) is 5.58 Å². The fourth-order valence-electron chi connectivity index (χ4n) is 2.48. The van der Waals surface area contributed by atoms with Crippen molar-refractivity contribution in [1.29, 1.82) is 0 Å². The summed E-state index contributed by atoms with van der Waals surface area (Å²) in [5.74, 6) is 0. The van der Waals surface area contributed by atoms with Crippen LogP contribution in [0.4, 0.5) is 0 Å². The Bertz CT molecular complexity index is 788. The first kappa shape index (κ1) is 13.6. The van der Waals surface area contributed by atoms with Crippen molar-refractivity contribution in [1.82, 2.24) is 10.2 Å². The van der Waals surface area contributed by atoms with Crippen molar-refractivity contribution in [3.8, 4) is 11.3 Å². The number of rotatable bonds is 5. The van der Waals surface area contributed by atoms with Gasteiger partial charge in [-0.3, -0.25) is 5.10 Å². The van der Waals surface area contributed by atoms with Gasteiger partial charge in [0.15, 0.2) is 0 Å². The molecule has 0 fully saturated rings. The lowest BCUT2D eigenvalue weighted by Gasteiger charge is -2.04. The molecule has 0 radical (unpaired) electrons. The minimum Gasteiger partial charge on any atom is -0.423 e. The van der Waals surface area contributed by atoms with Crippen molar-refractivity contribution in [3.63, 3.8) is 0 Å². The molecular formula is C17H18N2O2. The monoisotopic (exact) mass is 282 g/mol. The molecule has 0 aliphatic heterocycles. The molecule has 0 aliphatic carbocycles. The zero-order valence-electron chi connectivity index (χ0n) is 12.1. The molecule has 108 valence electrons. The summed E-state index contributed by atoms with van der Waals surface area (Å²) < 4.78 is 5.47. The zero-order valence-corrected chi connectivity index (χ0v) is 12.1. The second-order valence-electron chi connectivity index (χ2n) is 5.24. The molecule has 21 heavy (non-hydrogen) atoms. The highest BCUT2D eigenvalue weighted by molar-refractivity contribution is 5.82. The molecule has 1 aromatic carbocycles. The zero-order chi connectivity index (χ0) is 14.7. The van der Waals surface area contributed by atoms with Gasteiger partial charge < -0.3 is 4.42 Å². The quantitative estimate of drug-likeness (QED) is 0.570. The Balaban J connectivity index is 1.96. The SMILES string of the molecule is CCCCCc1cc2ccc(-c3ccn[nH]3)cc2oc1=O. The van der Waals surface area contributed by atoms with Crippen LogP contribution in [0.5, 0.6) is 0 Å². The van der Waals surface area contributed by atoms with E-state index in [4.69, 9.17) is 4.42 Å². The number of unbranched alkanes of at least 4 members (excludes halogenated alkanes) is 2. The lowest BCUT2D eigenvalue weighted by atomic mass is 10.1. The average Bonchev–Trinajstić information content (AvgIpc) is 3.02. The molecule has 4 heteroatoms. The van der Waals surface area contributed by atoms with Gasteiger partial charge in [-0.15, -0.1) is 0 Å². The summed E-state index contributed by atoms with van der Waals surface area (Å²) in [5.41, 5.74) is 3.03. The van der Waals surface area contributed by atoms with Crippen molar-refractivity contribution in [3.05, 3.63) is 52.5 Å². The van der Waals surface area contributed by atoms with Gasteiger partial charge in [0.2, 0.25) is 0 Å². The van der Waals surface area contributed by atoms with E-state index in [0.717, 1.165) is 47.9 Å². The van der Waals surface area contributed by atoms with E-state index >= 15 is 0 Å². The van der Waals surface area contributed by atoms with E-state index in [1.54, 1.807) is 6.20 Å². The fraction of sp³-hybridized carbons (Fsp3) is 0.294. The molecule has 0 saturated heterocycles. The molecule has 2 aromatic heterocycles. The summed E-state index contributed by atoms with van der Waals surface area (Å²) in [6.07, 6.45) is 5.79. The van der Waals surface area contributed by atoms with Crippen LogP contribution >= 0.6 is 0 Å². The molecule has 4 nitrogen and oxygen atoms in total. The van der Waals surface area contributed by atoms with Crippen LogP contribution < -0.4 is 5.63 Å². The Hall–Kier alpha value is -2.36. The third kappa shape index (κ3) is 2.89. The Labute approximate surface area is 122 Å². The number of H-pyrrole nitrogens is 1. The lowest BCUT2D eigenvalue weighted by Crippen LogP contribution is -2.07. The summed E-state index contributed by atoms with van der Waals surface area (Å²) in [4.78, 5) is 12.0. The van der Waals surface area contributed by atoms with Crippen molar-refractivity contribution >= 4 is 11.0 Å². The first-order chi connectivity index (χ1) is 10.3. The smallest absolute Gasteiger partial charge is 0.339 e. The molecule has 0 bridgehead atoms. The van der Waals surface area contributed by atoms with Crippen LogP contribution in [0.1, 0.15) is 31.7 Å². The van der Waals surface area contributed by atoms with E-state index in [9.17, 15) is 4.79 Å². The van der Waals surface area contributed by atoms with Crippen LogP contribution in [-0.4, -0.2) is 10.2 Å². The molecule has 0 spiro atoms. The van der Waals surface area contributed by atoms with Crippen molar-refractivity contribution in [2.75, 3.05) is 0 Å². The largest absolute Gasteiger partial charge is 0.423 e. The number of aromatic amines is 1. The van der Waals surface area contributed by atoms with E-state index < -0.39 is 0 Å². The number of hydrogen-bond donors (Lipinski definition) is 1. The first-order valence-electron chi connectivity index (χ1n) is 7.34. The molecule has 0 atom stereocenters. The maximum absolute atomic E-state index is 12.0. The highest BCUT2D eigenvalue weighted by Gasteiger charge is 2.07. The van der Waals surface area contributed by atoms with E-state index in [1.807, 2.05) is 30.3 Å². The molecule has 2 heterocycles. The molecular weight excluding hydrogens is 264 g/mol. The Morgan fingerprint density at radius 1 is 1.19 bits per heavy atom. The molecule has 0 amide bonds. The molecule has 3 aromatic rings. The van der Waals surface area contributed by atoms with Gasteiger partial charge in [-0.05, 0) is 31.0 Å². The molecule has 3 rings (SSSR count). The fourth-order valence-corrected chi connectivity index (χ4v) is 2.48. The highest BCUT2D eigenvalue weighted by atomic mass is 16.4. The Kier molecular flexibility index (Phi) is 3.86. The van der Waals surface area contributed by atoms with E-state index in [-0.39, 0.29) is 5.63 Å². The van der Waals surface area contributed by atoms with Crippen LogP contribution in [0.15, 0.2) is 45.7 Å². The Morgan fingerprint density at radius 2 is 2.10 bits per heavy atom. The topological polar surface area (TPSA) is 58.9 Å². The maximum atomic E-state index is 12.0. The predicted molar refractivity (Wildman–Crippen MR) is 83.3 cm³/mol. The van der Waals surface area contributed by atoms with Crippen LogP contribution in [-0.2, 0) is 6.42 Å². The van der Waals surface area contributed by atoms with Gasteiger partial charge in [-0.1, -0.05) is 31.9 Å². The maximum Gasteiger partial charge on any atom is 0.339 e. The molecule has 0 saturated carbocycles. The second kappa shape index (κ2) is 5.95. The number of hydrogen-bond acceptors (Lipinski definition) is 3. The third-order valence-electron chi connectivity index (χ3n) is 3.67. The summed E-state index contributed by atoms with van der Waals surface area (Å²) in [7, 11) is 0. The van der Waals surface area contributed by atoms with Crippen LogP contribution in [0.3, 0.4) is 0 Å². The second-order valence-corrected chi connectivity index (χ2v) is 5.24. The normalized spacial score (nSPS) is 11.1. The van der Waals surface area contributed by atoms with E-state index in [2.05, 4.69) is 17.1 Å². The molecule has 0 aliphatic rings. The number of fused-ring (bicyclic) bond motifs is 1. The number of benzene rings is 1. The van der Waals surface area contributed by atoms with Gasteiger partial charge in [-0.25, -0.2) is 4.79 Å². The lowest BCUT2D eigenvalue weighted by molar-refractivity contribution is 0.546. The summed E-state index contributed by atoms with van der Waals surface area (Å²) >= 11 is 0. The first-order valence-corrected chi connectivity index (χ1v) is 7.34. The summed E-state index contributed by atoms with van der Waals surface area (Å²) in [6.45, 7) is 2.15. The van der Waals surface area contributed by atoms with Crippen LogP contribution in [0.2, 0.25) is 0 Å². The van der Waals surface area contributed by atoms with Crippen LogP contribution in [0.25, 0.3) is 22.2 Å². The van der Waals surface area contributed by atoms with Gasteiger partial charge in [0, 0.05) is 22.7 Å². The van der Waals surface area contributed by atoms with Crippen molar-refractivity contribution in [2.45, 2.75) is 32.6 Å². The third-order valence-corrected chi connectivity index (χ3v) is 3.67. The van der Waals surface area contributed by atoms with Crippen molar-refractivity contribution < 1.29 is 4.42 Å². The average molecular weight is 282 g/mol. The molecule has 1 N–H and O–H groups in total. The highest BCUT2D eigenvalue weighted by Crippen LogP contribution is 2.22. The minimum atomic E-state index is -0.222. The van der Waals surface area contributed by atoms with Gasteiger partial charge in [-0.2, -0.15) is 5.10 Å². The number of aryl methyl sites for hydroxylation is 1.